The molecule has 11 heteroatoms. The molecule has 0 radical (unpaired) electrons. The molecule has 3 aromatic rings. The number of hydrogen-bond acceptors (Lipinski definition) is 7. The maximum absolute atomic E-state index is 12.6. The third-order valence-electron chi connectivity index (χ3n) is 4.35. The van der Waals surface area contributed by atoms with Gasteiger partial charge in [0.05, 0.1) is 5.69 Å². The molecular weight excluding hydrogens is 437 g/mol. The summed E-state index contributed by atoms with van der Waals surface area (Å²) in [5.74, 6) is -0.415. The highest BCUT2D eigenvalue weighted by Crippen LogP contribution is 2.28. The van der Waals surface area contributed by atoms with Gasteiger partial charge in [0, 0.05) is 36.0 Å². The lowest BCUT2D eigenvalue weighted by molar-refractivity contribution is -0.274. The summed E-state index contributed by atoms with van der Waals surface area (Å²) in [5.41, 5.74) is 7.20. The Kier molecular flexibility index (Phi) is 7.34. The average Bonchev–Trinajstić information content (AvgIpc) is 2.73. The van der Waals surface area contributed by atoms with Crippen molar-refractivity contribution in [3.63, 3.8) is 0 Å². The Labute approximate surface area is 188 Å². The zero-order valence-corrected chi connectivity index (χ0v) is 18.0. The van der Waals surface area contributed by atoms with Crippen LogP contribution in [0.2, 0.25) is 0 Å². The van der Waals surface area contributed by atoms with Gasteiger partial charge in [-0.3, -0.25) is 4.79 Å². The van der Waals surface area contributed by atoms with Crippen molar-refractivity contribution in [1.29, 1.82) is 0 Å². The first kappa shape index (κ1) is 23.8. The monoisotopic (exact) mass is 460 g/mol. The molecule has 4 N–H and O–H groups in total. The number of nitrogens with zero attached hydrogens (tertiary/aromatic N) is 3. The number of nitrogen functional groups attached to an aromatic ring is 1. The van der Waals surface area contributed by atoms with E-state index in [1.165, 1.54) is 24.3 Å². The van der Waals surface area contributed by atoms with E-state index in [1.54, 1.807) is 30.3 Å². The van der Waals surface area contributed by atoms with Crippen molar-refractivity contribution in [2.45, 2.75) is 6.36 Å². The lowest BCUT2D eigenvalue weighted by Gasteiger charge is -2.14. The summed E-state index contributed by atoms with van der Waals surface area (Å²) in [5, 5.41) is 5.74. The van der Waals surface area contributed by atoms with Gasteiger partial charge in [-0.05, 0) is 50.5 Å². The lowest BCUT2D eigenvalue weighted by atomic mass is 10.1. The quantitative estimate of drug-likeness (QED) is 0.439. The minimum absolute atomic E-state index is 0.177. The fraction of sp³-hybridized carbons (Fsp3) is 0.227. The molecule has 0 saturated heterocycles. The summed E-state index contributed by atoms with van der Waals surface area (Å²) in [4.78, 5) is 23.3. The zero-order chi connectivity index (χ0) is 24.0. The molecule has 0 saturated carbocycles. The summed E-state index contributed by atoms with van der Waals surface area (Å²) in [7, 11) is 3.81. The molecule has 33 heavy (non-hydrogen) atoms. The molecule has 3 rings (SSSR count). The number of carbonyl (C=O) groups excluding carboxylic acids is 1. The van der Waals surface area contributed by atoms with Crippen molar-refractivity contribution in [3.05, 3.63) is 60.2 Å². The van der Waals surface area contributed by atoms with Crippen molar-refractivity contribution in [2.75, 3.05) is 43.6 Å². The van der Waals surface area contributed by atoms with Crippen LogP contribution in [0.1, 0.15) is 10.4 Å². The van der Waals surface area contributed by atoms with Crippen LogP contribution in [-0.4, -0.2) is 54.3 Å². The number of benzene rings is 2. The Bertz CT molecular complexity index is 1100. The van der Waals surface area contributed by atoms with Crippen LogP contribution in [0, 0.1) is 0 Å². The second-order valence-corrected chi connectivity index (χ2v) is 7.34. The van der Waals surface area contributed by atoms with Crippen LogP contribution in [0.4, 0.5) is 30.6 Å². The number of aromatic nitrogens is 2. The maximum atomic E-state index is 12.6. The Hall–Kier alpha value is -3.86. The van der Waals surface area contributed by atoms with E-state index in [2.05, 4.69) is 25.3 Å². The third-order valence-corrected chi connectivity index (χ3v) is 4.35. The van der Waals surface area contributed by atoms with E-state index < -0.39 is 12.3 Å². The van der Waals surface area contributed by atoms with E-state index in [0.29, 0.717) is 35.6 Å². The number of rotatable bonds is 8. The molecule has 0 bridgehead atoms. The highest BCUT2D eigenvalue weighted by atomic mass is 19.4. The van der Waals surface area contributed by atoms with Gasteiger partial charge in [0.1, 0.15) is 11.6 Å². The second kappa shape index (κ2) is 10.2. The number of nitrogens with one attached hydrogen (secondary N) is 2. The summed E-state index contributed by atoms with van der Waals surface area (Å²) < 4.78 is 41.9. The van der Waals surface area contributed by atoms with E-state index in [9.17, 15) is 18.0 Å². The minimum atomic E-state index is -4.82. The van der Waals surface area contributed by atoms with Crippen LogP contribution < -0.4 is 21.1 Å². The Balaban J connectivity index is 1.91. The van der Waals surface area contributed by atoms with Gasteiger partial charge in [-0.25, -0.2) is 4.98 Å². The summed E-state index contributed by atoms with van der Waals surface area (Å²) >= 11 is 0. The summed E-state index contributed by atoms with van der Waals surface area (Å²) in [6, 6.07) is 13.2. The molecule has 0 aliphatic heterocycles. The summed E-state index contributed by atoms with van der Waals surface area (Å²) in [6.45, 7) is 1.20. The van der Waals surface area contributed by atoms with Gasteiger partial charge in [-0.2, -0.15) is 4.98 Å². The van der Waals surface area contributed by atoms with E-state index in [-0.39, 0.29) is 17.5 Å². The predicted molar refractivity (Wildman–Crippen MR) is 120 cm³/mol. The van der Waals surface area contributed by atoms with Gasteiger partial charge in [-0.1, -0.05) is 12.1 Å². The van der Waals surface area contributed by atoms with Crippen LogP contribution in [-0.2, 0) is 0 Å². The standard InChI is InChI=1S/C22H23F3N6O2/c1-31(2)11-10-27-21-28-18(15-4-3-5-17(12-15)33-22(23,24)25)13-19(30-21)29-20(32)14-6-8-16(26)9-7-14/h3-9,12-13H,10-11,26H2,1-2H3,(H2,27,28,29,30,32). The first-order chi connectivity index (χ1) is 15.6. The molecule has 1 amide bonds. The number of nitrogens with two attached hydrogens (primary N) is 1. The fourth-order valence-electron chi connectivity index (χ4n) is 2.81. The van der Waals surface area contributed by atoms with Crippen molar-refractivity contribution >= 4 is 23.4 Å². The van der Waals surface area contributed by atoms with Gasteiger partial charge in [-0.15, -0.1) is 13.2 Å². The van der Waals surface area contributed by atoms with Crippen molar-refractivity contribution in [3.8, 4) is 17.0 Å². The maximum Gasteiger partial charge on any atom is 0.573 e. The molecule has 0 unspecified atom stereocenters. The van der Waals surface area contributed by atoms with Crippen LogP contribution in [0.15, 0.2) is 54.6 Å². The van der Waals surface area contributed by atoms with Crippen LogP contribution in [0.3, 0.4) is 0 Å². The second-order valence-electron chi connectivity index (χ2n) is 7.34. The Morgan fingerprint density at radius 2 is 1.82 bits per heavy atom. The van der Waals surface area contributed by atoms with Gasteiger partial charge < -0.3 is 26.0 Å². The van der Waals surface area contributed by atoms with Crippen molar-refractivity contribution in [2.24, 2.45) is 0 Å². The van der Waals surface area contributed by atoms with E-state index in [0.717, 1.165) is 0 Å². The molecule has 1 aromatic heterocycles. The number of carbonyl (C=O) groups is 1. The number of alkyl halides is 3. The predicted octanol–water partition coefficient (Wildman–Crippen LogP) is 3.85. The van der Waals surface area contributed by atoms with Gasteiger partial charge in [0.15, 0.2) is 0 Å². The summed E-state index contributed by atoms with van der Waals surface area (Å²) in [6.07, 6.45) is -4.82. The smallest absolute Gasteiger partial charge is 0.406 e. The SMILES string of the molecule is CN(C)CCNc1nc(NC(=O)c2ccc(N)cc2)cc(-c2cccc(OC(F)(F)F)c2)n1. The first-order valence-electron chi connectivity index (χ1n) is 9.90. The van der Waals surface area contributed by atoms with Gasteiger partial charge >= 0.3 is 6.36 Å². The molecule has 174 valence electrons. The van der Waals surface area contributed by atoms with Crippen LogP contribution >= 0.6 is 0 Å². The molecule has 0 aliphatic carbocycles. The zero-order valence-electron chi connectivity index (χ0n) is 18.0. The van der Waals surface area contributed by atoms with E-state index in [1.807, 2.05) is 19.0 Å². The highest BCUT2D eigenvalue weighted by molar-refractivity contribution is 6.04. The Morgan fingerprint density at radius 3 is 2.48 bits per heavy atom. The Morgan fingerprint density at radius 1 is 1.09 bits per heavy atom. The molecule has 1 heterocycles. The number of halogens is 3. The van der Waals surface area contributed by atoms with E-state index >= 15 is 0 Å². The molecule has 8 nitrogen and oxygen atoms in total. The number of likely N-dealkylation sites (N-methyl/N-ethyl adjacent to an activating group) is 1. The number of ether oxygens (including phenoxy) is 1. The number of hydrogen-bond donors (Lipinski definition) is 3. The molecule has 0 aliphatic rings. The number of anilines is 3. The van der Waals surface area contributed by atoms with Gasteiger partial charge in [0.25, 0.3) is 5.91 Å². The topological polar surface area (TPSA) is 105 Å². The van der Waals surface area contributed by atoms with Crippen LogP contribution in [0.25, 0.3) is 11.3 Å². The van der Waals surface area contributed by atoms with Crippen molar-refractivity contribution < 1.29 is 22.7 Å². The molecule has 0 atom stereocenters. The minimum Gasteiger partial charge on any atom is -0.406 e. The molecule has 0 fully saturated rings. The third kappa shape index (κ3) is 7.35. The fourth-order valence-corrected chi connectivity index (χ4v) is 2.81. The van der Waals surface area contributed by atoms with E-state index in [4.69, 9.17) is 5.73 Å². The normalized spacial score (nSPS) is 11.3. The molecule has 2 aromatic carbocycles. The average molecular weight is 460 g/mol. The first-order valence-corrected chi connectivity index (χ1v) is 9.90. The van der Waals surface area contributed by atoms with Gasteiger partial charge in [0.2, 0.25) is 5.95 Å². The molecule has 0 spiro atoms. The molecular formula is C22H23F3N6O2. The van der Waals surface area contributed by atoms with Crippen LogP contribution in [0.5, 0.6) is 5.75 Å². The van der Waals surface area contributed by atoms with Crippen molar-refractivity contribution in [1.82, 2.24) is 14.9 Å². The number of amides is 1. The lowest BCUT2D eigenvalue weighted by Crippen LogP contribution is -2.22. The highest BCUT2D eigenvalue weighted by Gasteiger charge is 2.31. The largest absolute Gasteiger partial charge is 0.573 e.